The van der Waals surface area contributed by atoms with Crippen LogP contribution in [0.4, 0.5) is 0 Å². The van der Waals surface area contributed by atoms with Crippen molar-refractivity contribution in [2.24, 2.45) is 0 Å². The van der Waals surface area contributed by atoms with E-state index in [9.17, 15) is 0 Å². The summed E-state index contributed by atoms with van der Waals surface area (Å²) in [4.78, 5) is 4.56. The molecular formula is C34H23N. The van der Waals surface area contributed by atoms with E-state index in [2.05, 4.69) is 121 Å². The van der Waals surface area contributed by atoms with Crippen LogP contribution >= 0.6 is 0 Å². The molecule has 0 unspecified atom stereocenters. The molecule has 0 aliphatic heterocycles. The Morgan fingerprint density at radius 3 is 1.77 bits per heavy atom. The lowest BCUT2D eigenvalue weighted by Gasteiger charge is -2.18. The number of pyridine rings is 1. The van der Waals surface area contributed by atoms with Gasteiger partial charge in [0.1, 0.15) is 0 Å². The minimum Gasteiger partial charge on any atom is -0.264 e. The van der Waals surface area contributed by atoms with Crippen molar-refractivity contribution in [2.45, 2.75) is 6.92 Å². The molecule has 7 aromatic rings. The lowest BCUT2D eigenvalue weighted by Crippen LogP contribution is -1.92. The lowest BCUT2D eigenvalue weighted by molar-refractivity contribution is 1.37. The molecule has 0 saturated heterocycles. The van der Waals surface area contributed by atoms with Crippen molar-refractivity contribution < 1.29 is 0 Å². The lowest BCUT2D eigenvalue weighted by atomic mass is 9.86. The number of aromatic nitrogens is 1. The van der Waals surface area contributed by atoms with Gasteiger partial charge in [0.15, 0.2) is 0 Å². The van der Waals surface area contributed by atoms with Crippen LogP contribution in [0.15, 0.2) is 122 Å². The van der Waals surface area contributed by atoms with Gasteiger partial charge in [-0.2, -0.15) is 0 Å². The highest BCUT2D eigenvalue weighted by atomic mass is 14.6. The summed E-state index contributed by atoms with van der Waals surface area (Å²) in [5.74, 6) is 0. The molecule has 0 radical (unpaired) electrons. The molecule has 1 heterocycles. The Kier molecular flexibility index (Phi) is 4.43. The molecule has 0 amide bonds. The van der Waals surface area contributed by atoms with E-state index < -0.39 is 0 Å². The summed E-state index contributed by atoms with van der Waals surface area (Å²) in [6, 6.07) is 39.8. The summed E-state index contributed by atoms with van der Waals surface area (Å²) < 4.78 is 0. The normalized spacial score (nSPS) is 11.6. The number of benzene rings is 6. The van der Waals surface area contributed by atoms with Gasteiger partial charge < -0.3 is 0 Å². The average molecular weight is 446 g/mol. The third-order valence-corrected chi connectivity index (χ3v) is 7.15. The van der Waals surface area contributed by atoms with Crippen LogP contribution in [0.2, 0.25) is 0 Å². The smallest absolute Gasteiger partial charge is 0.0353 e. The molecule has 35 heavy (non-hydrogen) atoms. The second-order valence-electron chi connectivity index (χ2n) is 9.34. The molecule has 0 spiro atoms. The molecule has 1 aromatic heterocycles. The second-order valence-corrected chi connectivity index (χ2v) is 9.34. The summed E-state index contributed by atoms with van der Waals surface area (Å²) in [5.41, 5.74) is 6.25. The Morgan fingerprint density at radius 1 is 0.457 bits per heavy atom. The number of fused-ring (bicyclic) bond motifs is 4. The number of rotatable bonds is 2. The maximum atomic E-state index is 4.56. The highest BCUT2D eigenvalue weighted by molar-refractivity contribution is 6.21. The highest BCUT2D eigenvalue weighted by Crippen LogP contribution is 2.44. The predicted molar refractivity (Wildman–Crippen MR) is 150 cm³/mol. The van der Waals surface area contributed by atoms with Crippen LogP contribution in [0.3, 0.4) is 0 Å². The first-order valence-electron chi connectivity index (χ1n) is 12.0. The van der Waals surface area contributed by atoms with Gasteiger partial charge in [0.2, 0.25) is 0 Å². The van der Waals surface area contributed by atoms with Gasteiger partial charge in [-0.1, -0.05) is 96.6 Å². The number of nitrogens with zero attached hydrogens (tertiary/aromatic N) is 1. The Hall–Kier alpha value is -4.49. The zero-order valence-electron chi connectivity index (χ0n) is 19.5. The van der Waals surface area contributed by atoms with Gasteiger partial charge in [-0.15, -0.1) is 0 Å². The quantitative estimate of drug-likeness (QED) is 0.242. The molecular weight excluding hydrogens is 422 g/mol. The van der Waals surface area contributed by atoms with E-state index in [1.165, 1.54) is 70.9 Å². The monoisotopic (exact) mass is 445 g/mol. The molecule has 0 saturated carbocycles. The molecule has 0 N–H and O–H groups in total. The second kappa shape index (κ2) is 7.78. The van der Waals surface area contributed by atoms with Gasteiger partial charge in [0, 0.05) is 17.8 Å². The zero-order valence-corrected chi connectivity index (χ0v) is 19.5. The first kappa shape index (κ1) is 19.9. The van der Waals surface area contributed by atoms with Gasteiger partial charge in [0.25, 0.3) is 0 Å². The number of aryl methyl sites for hydroxylation is 1. The Balaban J connectivity index is 1.59. The summed E-state index contributed by atoms with van der Waals surface area (Å²) in [5, 5.41) is 9.97. The third kappa shape index (κ3) is 3.20. The van der Waals surface area contributed by atoms with E-state index in [0.29, 0.717) is 0 Å². The van der Waals surface area contributed by atoms with Gasteiger partial charge in [-0.05, 0) is 85.1 Å². The summed E-state index contributed by atoms with van der Waals surface area (Å²) in [7, 11) is 0. The van der Waals surface area contributed by atoms with Crippen molar-refractivity contribution in [1.29, 1.82) is 0 Å². The number of hydrogen-bond acceptors (Lipinski definition) is 1. The van der Waals surface area contributed by atoms with Gasteiger partial charge in [-0.3, -0.25) is 4.98 Å². The fourth-order valence-corrected chi connectivity index (χ4v) is 5.51. The summed E-state index contributed by atoms with van der Waals surface area (Å²) >= 11 is 0. The average Bonchev–Trinajstić information content (AvgIpc) is 2.91. The van der Waals surface area contributed by atoms with Crippen molar-refractivity contribution in [3.63, 3.8) is 0 Å². The van der Waals surface area contributed by atoms with E-state index in [1.54, 1.807) is 0 Å². The van der Waals surface area contributed by atoms with Crippen LogP contribution in [-0.2, 0) is 0 Å². The Labute approximate surface area is 204 Å². The minimum absolute atomic E-state index is 1.18. The minimum atomic E-state index is 1.18. The van der Waals surface area contributed by atoms with Crippen LogP contribution in [0.5, 0.6) is 0 Å². The van der Waals surface area contributed by atoms with Crippen molar-refractivity contribution >= 4 is 43.1 Å². The van der Waals surface area contributed by atoms with Crippen LogP contribution in [-0.4, -0.2) is 4.98 Å². The topological polar surface area (TPSA) is 12.9 Å². The fraction of sp³-hybridized carbons (Fsp3) is 0.0294. The van der Waals surface area contributed by atoms with E-state index in [-0.39, 0.29) is 0 Å². The number of hydrogen-bond donors (Lipinski definition) is 0. The van der Waals surface area contributed by atoms with Crippen molar-refractivity contribution in [3.8, 4) is 22.3 Å². The van der Waals surface area contributed by atoms with Crippen molar-refractivity contribution in [1.82, 2.24) is 4.98 Å². The largest absolute Gasteiger partial charge is 0.264 e. The maximum absolute atomic E-state index is 4.56. The molecule has 6 aromatic carbocycles. The van der Waals surface area contributed by atoms with Crippen molar-refractivity contribution in [3.05, 3.63) is 127 Å². The summed E-state index contributed by atoms with van der Waals surface area (Å²) in [6.45, 7) is 2.14. The standard InChI is InChI=1S/C34H23N/c1-22-10-11-26-20-28(15-13-25(26)18-22)34-30-9-5-4-8-29(30)33(31-16-17-35-21-32(31)34)27-14-12-23-6-2-3-7-24(23)19-27/h2-21H,1H3. The van der Waals surface area contributed by atoms with Crippen molar-refractivity contribution in [2.75, 3.05) is 0 Å². The molecule has 0 fully saturated rings. The highest BCUT2D eigenvalue weighted by Gasteiger charge is 2.17. The van der Waals surface area contributed by atoms with E-state index >= 15 is 0 Å². The zero-order chi connectivity index (χ0) is 23.4. The SMILES string of the molecule is Cc1ccc2cc(-c3c4ccccc4c(-c4ccc5ccccc5c4)c4ccncc34)ccc2c1. The van der Waals surface area contributed by atoms with Gasteiger partial charge in [0.05, 0.1) is 0 Å². The van der Waals surface area contributed by atoms with E-state index in [4.69, 9.17) is 0 Å². The van der Waals surface area contributed by atoms with Gasteiger partial charge >= 0.3 is 0 Å². The molecule has 164 valence electrons. The Bertz CT molecular complexity index is 1860. The first-order chi connectivity index (χ1) is 17.3. The summed E-state index contributed by atoms with van der Waals surface area (Å²) in [6.07, 6.45) is 3.94. The molecule has 7 rings (SSSR count). The third-order valence-electron chi connectivity index (χ3n) is 7.15. The van der Waals surface area contributed by atoms with Crippen LogP contribution < -0.4 is 0 Å². The maximum Gasteiger partial charge on any atom is 0.0353 e. The molecule has 1 nitrogen and oxygen atoms in total. The van der Waals surface area contributed by atoms with Gasteiger partial charge in [-0.25, -0.2) is 0 Å². The molecule has 0 aliphatic rings. The van der Waals surface area contributed by atoms with E-state index in [1.807, 2.05) is 12.4 Å². The molecule has 0 aliphatic carbocycles. The van der Waals surface area contributed by atoms with Crippen LogP contribution in [0.25, 0.3) is 65.3 Å². The van der Waals surface area contributed by atoms with E-state index in [0.717, 1.165) is 0 Å². The van der Waals surface area contributed by atoms with Crippen LogP contribution in [0, 0.1) is 6.92 Å². The fourth-order valence-electron chi connectivity index (χ4n) is 5.51. The molecule has 1 heteroatoms. The Morgan fingerprint density at radius 2 is 1.00 bits per heavy atom. The molecule has 0 atom stereocenters. The molecule has 0 bridgehead atoms. The first-order valence-corrected chi connectivity index (χ1v) is 12.0. The predicted octanol–water partition coefficient (Wildman–Crippen LogP) is 9.34. The van der Waals surface area contributed by atoms with Crippen LogP contribution in [0.1, 0.15) is 5.56 Å².